The number of anilines is 1. The molecule has 6 nitrogen and oxygen atoms in total. The van der Waals surface area contributed by atoms with Gasteiger partial charge >= 0.3 is 6.18 Å². The van der Waals surface area contributed by atoms with Crippen LogP contribution in [0.2, 0.25) is 0 Å². The predicted molar refractivity (Wildman–Crippen MR) is 105 cm³/mol. The first-order valence-electron chi connectivity index (χ1n) is 9.31. The number of morpholine rings is 1. The van der Waals surface area contributed by atoms with Crippen molar-refractivity contribution in [1.82, 2.24) is 4.31 Å². The number of nitrogens with zero attached hydrogens (tertiary/aromatic N) is 1. The lowest BCUT2D eigenvalue weighted by atomic mass is 10.1. The van der Waals surface area contributed by atoms with Crippen molar-refractivity contribution in [1.29, 1.82) is 0 Å². The molecule has 2 aromatic rings. The standard InChI is InChI=1S/C20H20F4N2O4S/c1-12-10-26(11-13(2)30-12)31(28,29)16-6-3-14(4-7-16)19(27)25-15-5-8-18(21)17(9-15)20(22,23)24/h3-9,12-13H,10-11H2,1-2H3,(H,25,27). The van der Waals surface area contributed by atoms with Crippen LogP contribution in [0.5, 0.6) is 0 Å². The van der Waals surface area contributed by atoms with E-state index in [1.54, 1.807) is 13.8 Å². The number of amides is 1. The Labute approximate surface area is 176 Å². The number of hydrogen-bond acceptors (Lipinski definition) is 4. The predicted octanol–water partition coefficient (Wildman–Crippen LogP) is 3.89. The third-order valence-corrected chi connectivity index (χ3v) is 6.52. The molecule has 11 heteroatoms. The number of carbonyl (C=O) groups excluding carboxylic acids is 1. The smallest absolute Gasteiger partial charge is 0.373 e. The summed E-state index contributed by atoms with van der Waals surface area (Å²) < 4.78 is 84.4. The van der Waals surface area contributed by atoms with E-state index in [4.69, 9.17) is 4.74 Å². The van der Waals surface area contributed by atoms with Gasteiger partial charge in [0, 0.05) is 24.3 Å². The molecule has 1 amide bonds. The van der Waals surface area contributed by atoms with E-state index in [9.17, 15) is 30.8 Å². The van der Waals surface area contributed by atoms with E-state index in [0.717, 1.165) is 6.07 Å². The molecule has 1 heterocycles. The first-order valence-corrected chi connectivity index (χ1v) is 10.8. The number of rotatable bonds is 4. The lowest BCUT2D eigenvalue weighted by Crippen LogP contribution is -2.48. The summed E-state index contributed by atoms with van der Waals surface area (Å²) in [5.41, 5.74) is -1.71. The van der Waals surface area contributed by atoms with Crippen LogP contribution in [-0.2, 0) is 20.9 Å². The molecule has 0 spiro atoms. The van der Waals surface area contributed by atoms with Gasteiger partial charge in [-0.25, -0.2) is 12.8 Å². The highest BCUT2D eigenvalue weighted by molar-refractivity contribution is 7.89. The largest absolute Gasteiger partial charge is 0.419 e. The summed E-state index contributed by atoms with van der Waals surface area (Å²) in [5, 5.41) is 2.25. The van der Waals surface area contributed by atoms with Crippen molar-refractivity contribution in [3.05, 3.63) is 59.4 Å². The van der Waals surface area contributed by atoms with E-state index in [1.165, 1.54) is 28.6 Å². The van der Waals surface area contributed by atoms with Gasteiger partial charge in [-0.15, -0.1) is 0 Å². The Bertz CT molecular complexity index is 1060. The molecule has 31 heavy (non-hydrogen) atoms. The maximum atomic E-state index is 13.4. The zero-order valence-electron chi connectivity index (χ0n) is 16.6. The summed E-state index contributed by atoms with van der Waals surface area (Å²) in [6.45, 7) is 3.93. The fraction of sp³-hybridized carbons (Fsp3) is 0.350. The third kappa shape index (κ3) is 5.23. The van der Waals surface area contributed by atoms with Gasteiger partial charge in [0.2, 0.25) is 10.0 Å². The molecule has 0 aliphatic carbocycles. The van der Waals surface area contributed by atoms with Gasteiger partial charge in [-0.05, 0) is 56.3 Å². The van der Waals surface area contributed by atoms with Gasteiger partial charge in [-0.1, -0.05) is 0 Å². The van der Waals surface area contributed by atoms with E-state index in [2.05, 4.69) is 5.32 Å². The zero-order chi connectivity index (χ0) is 23.0. The van der Waals surface area contributed by atoms with Gasteiger partial charge in [0.15, 0.2) is 0 Å². The maximum absolute atomic E-state index is 13.4. The number of carbonyl (C=O) groups is 1. The highest BCUT2D eigenvalue weighted by Crippen LogP contribution is 2.33. The minimum absolute atomic E-state index is 0.0218. The minimum Gasteiger partial charge on any atom is -0.373 e. The van der Waals surface area contributed by atoms with Gasteiger partial charge < -0.3 is 10.1 Å². The summed E-state index contributed by atoms with van der Waals surface area (Å²) in [6.07, 6.45) is -5.43. The van der Waals surface area contributed by atoms with E-state index >= 15 is 0 Å². The summed E-state index contributed by atoms with van der Waals surface area (Å²) >= 11 is 0. The Morgan fingerprint density at radius 2 is 1.65 bits per heavy atom. The fourth-order valence-electron chi connectivity index (χ4n) is 3.28. The molecule has 168 valence electrons. The molecule has 1 aliphatic rings. The number of ether oxygens (including phenoxy) is 1. The summed E-state index contributed by atoms with van der Waals surface area (Å²) in [5.74, 6) is -2.22. The molecular formula is C20H20F4N2O4S. The monoisotopic (exact) mass is 460 g/mol. The van der Waals surface area contributed by atoms with Crippen molar-refractivity contribution < 1.29 is 35.5 Å². The van der Waals surface area contributed by atoms with Crippen molar-refractivity contribution >= 4 is 21.6 Å². The Hall–Kier alpha value is -2.50. The summed E-state index contributed by atoms with van der Waals surface area (Å²) in [7, 11) is -3.80. The Balaban J connectivity index is 1.76. The molecule has 0 aromatic heterocycles. The van der Waals surface area contributed by atoms with Gasteiger partial charge in [-0.2, -0.15) is 17.5 Å². The second kappa shape index (κ2) is 8.56. The second-order valence-electron chi connectivity index (χ2n) is 7.25. The molecule has 1 aliphatic heterocycles. The quantitative estimate of drug-likeness (QED) is 0.703. The van der Waals surface area contributed by atoms with Crippen LogP contribution in [0.4, 0.5) is 23.2 Å². The first-order chi connectivity index (χ1) is 14.4. The Kier molecular flexibility index (Phi) is 6.40. The Morgan fingerprint density at radius 1 is 1.06 bits per heavy atom. The van der Waals surface area contributed by atoms with Crippen molar-refractivity contribution in [3.8, 4) is 0 Å². The molecule has 1 saturated heterocycles. The second-order valence-corrected chi connectivity index (χ2v) is 9.19. The van der Waals surface area contributed by atoms with Crippen molar-refractivity contribution in [2.75, 3.05) is 18.4 Å². The zero-order valence-corrected chi connectivity index (χ0v) is 17.4. The molecular weight excluding hydrogens is 440 g/mol. The van der Waals surface area contributed by atoms with E-state index < -0.39 is 33.5 Å². The minimum atomic E-state index is -4.91. The topological polar surface area (TPSA) is 75.7 Å². The number of benzene rings is 2. The number of halogens is 4. The van der Waals surface area contributed by atoms with Crippen molar-refractivity contribution in [2.45, 2.75) is 37.1 Å². The lowest BCUT2D eigenvalue weighted by molar-refractivity contribution is -0.139. The molecule has 0 saturated carbocycles. The highest BCUT2D eigenvalue weighted by Gasteiger charge is 2.34. The van der Waals surface area contributed by atoms with Gasteiger partial charge in [0.05, 0.1) is 22.7 Å². The van der Waals surface area contributed by atoms with Crippen LogP contribution in [0, 0.1) is 5.82 Å². The average Bonchev–Trinajstić information content (AvgIpc) is 2.68. The average molecular weight is 460 g/mol. The molecule has 0 bridgehead atoms. The van der Waals surface area contributed by atoms with E-state index in [-0.39, 0.29) is 41.4 Å². The van der Waals surface area contributed by atoms with Gasteiger partial charge in [0.25, 0.3) is 5.91 Å². The van der Waals surface area contributed by atoms with E-state index in [0.29, 0.717) is 12.1 Å². The lowest BCUT2D eigenvalue weighted by Gasteiger charge is -2.34. The molecule has 2 unspecified atom stereocenters. The fourth-order valence-corrected chi connectivity index (χ4v) is 4.87. The molecule has 2 atom stereocenters. The summed E-state index contributed by atoms with van der Waals surface area (Å²) in [4.78, 5) is 12.3. The molecule has 2 aromatic carbocycles. The summed E-state index contributed by atoms with van der Waals surface area (Å²) in [6, 6.07) is 7.11. The van der Waals surface area contributed by atoms with Crippen LogP contribution in [0.3, 0.4) is 0 Å². The molecule has 1 N–H and O–H groups in total. The SMILES string of the molecule is CC1CN(S(=O)(=O)c2ccc(C(=O)Nc3ccc(F)c(C(F)(F)F)c3)cc2)CC(C)O1. The van der Waals surface area contributed by atoms with Crippen molar-refractivity contribution in [2.24, 2.45) is 0 Å². The molecule has 0 radical (unpaired) electrons. The van der Waals surface area contributed by atoms with Gasteiger partial charge in [0.1, 0.15) is 5.82 Å². The van der Waals surface area contributed by atoms with Crippen LogP contribution in [0.1, 0.15) is 29.8 Å². The van der Waals surface area contributed by atoms with Crippen LogP contribution in [0.25, 0.3) is 0 Å². The number of sulfonamides is 1. The Morgan fingerprint density at radius 3 is 2.19 bits per heavy atom. The molecule has 1 fully saturated rings. The van der Waals surface area contributed by atoms with Crippen LogP contribution in [-0.4, -0.2) is 43.9 Å². The van der Waals surface area contributed by atoms with Crippen LogP contribution in [0.15, 0.2) is 47.4 Å². The number of hydrogen-bond donors (Lipinski definition) is 1. The van der Waals surface area contributed by atoms with Crippen molar-refractivity contribution in [3.63, 3.8) is 0 Å². The number of nitrogens with one attached hydrogen (secondary N) is 1. The maximum Gasteiger partial charge on any atom is 0.419 e. The molecule has 3 rings (SSSR count). The van der Waals surface area contributed by atoms with Gasteiger partial charge in [-0.3, -0.25) is 4.79 Å². The highest BCUT2D eigenvalue weighted by atomic mass is 32.2. The third-order valence-electron chi connectivity index (χ3n) is 4.67. The van der Waals surface area contributed by atoms with Crippen LogP contribution >= 0.6 is 0 Å². The number of alkyl halides is 3. The van der Waals surface area contributed by atoms with E-state index in [1.807, 2.05) is 0 Å². The van der Waals surface area contributed by atoms with Crippen LogP contribution < -0.4 is 5.32 Å². The normalized spacial score (nSPS) is 20.5. The first kappa shape index (κ1) is 23.2.